The molecule has 0 aromatic heterocycles. The molecular formula is C17H26BrNO2. The molecule has 1 aliphatic heterocycles. The van der Waals surface area contributed by atoms with Gasteiger partial charge in [-0.3, -0.25) is 4.79 Å². The van der Waals surface area contributed by atoms with Crippen molar-refractivity contribution >= 4 is 21.8 Å². The first kappa shape index (κ1) is 14.5. The second-order valence-electron chi connectivity index (χ2n) is 8.23. The average molecular weight is 356 g/mol. The maximum absolute atomic E-state index is 12.4. The zero-order valence-corrected chi connectivity index (χ0v) is 14.3. The van der Waals surface area contributed by atoms with Crippen LogP contribution in [0.1, 0.15) is 57.8 Å². The van der Waals surface area contributed by atoms with Crippen LogP contribution in [-0.2, 0) is 9.53 Å². The van der Waals surface area contributed by atoms with Crippen molar-refractivity contribution in [2.24, 2.45) is 17.3 Å². The van der Waals surface area contributed by atoms with Gasteiger partial charge in [-0.1, -0.05) is 15.9 Å². The molecule has 118 valence electrons. The minimum Gasteiger partial charge on any atom is -0.376 e. The van der Waals surface area contributed by atoms with Crippen LogP contribution in [0.25, 0.3) is 0 Å². The van der Waals surface area contributed by atoms with E-state index in [-0.39, 0.29) is 17.4 Å². The minimum absolute atomic E-state index is 0.253. The van der Waals surface area contributed by atoms with Gasteiger partial charge in [0.2, 0.25) is 5.91 Å². The van der Waals surface area contributed by atoms with E-state index >= 15 is 0 Å². The van der Waals surface area contributed by atoms with Gasteiger partial charge in [0.05, 0.1) is 6.10 Å². The number of ether oxygens (including phenoxy) is 1. The molecular weight excluding hydrogens is 330 g/mol. The zero-order chi connectivity index (χ0) is 14.5. The van der Waals surface area contributed by atoms with E-state index in [0.717, 1.165) is 37.7 Å². The summed E-state index contributed by atoms with van der Waals surface area (Å²) in [6.07, 6.45) is 11.1. The summed E-state index contributed by atoms with van der Waals surface area (Å²) in [5.74, 6) is 1.97. The Bertz CT molecular complexity index is 419. The summed E-state index contributed by atoms with van der Waals surface area (Å²) in [4.78, 5) is 12.4. The van der Waals surface area contributed by atoms with Crippen LogP contribution < -0.4 is 5.32 Å². The number of amides is 1. The van der Waals surface area contributed by atoms with Gasteiger partial charge in [0, 0.05) is 23.9 Å². The van der Waals surface area contributed by atoms with E-state index in [1.807, 2.05) is 0 Å². The molecule has 1 saturated heterocycles. The van der Waals surface area contributed by atoms with E-state index < -0.39 is 0 Å². The zero-order valence-electron chi connectivity index (χ0n) is 12.7. The minimum atomic E-state index is 0.253. The van der Waals surface area contributed by atoms with Crippen LogP contribution >= 0.6 is 15.9 Å². The van der Waals surface area contributed by atoms with Gasteiger partial charge in [-0.2, -0.15) is 0 Å². The predicted octanol–water partition coefficient (Wildman–Crippen LogP) is 3.41. The van der Waals surface area contributed by atoms with Gasteiger partial charge < -0.3 is 10.1 Å². The molecule has 21 heavy (non-hydrogen) atoms. The molecule has 4 saturated carbocycles. The molecule has 2 unspecified atom stereocenters. The molecule has 0 radical (unpaired) electrons. The van der Waals surface area contributed by atoms with Crippen molar-refractivity contribution in [2.45, 2.75) is 68.2 Å². The first-order valence-electron chi connectivity index (χ1n) is 8.62. The quantitative estimate of drug-likeness (QED) is 0.784. The van der Waals surface area contributed by atoms with Crippen molar-refractivity contribution in [1.29, 1.82) is 0 Å². The lowest BCUT2D eigenvalue weighted by Crippen LogP contribution is -2.54. The number of rotatable bonds is 4. The van der Waals surface area contributed by atoms with Gasteiger partial charge in [0.25, 0.3) is 0 Å². The number of carbonyl (C=O) groups is 1. The Morgan fingerprint density at radius 3 is 2.62 bits per heavy atom. The Morgan fingerprint density at radius 2 is 2.00 bits per heavy atom. The Hall–Kier alpha value is -0.0900. The highest BCUT2D eigenvalue weighted by molar-refractivity contribution is 9.10. The Morgan fingerprint density at radius 1 is 1.24 bits per heavy atom. The van der Waals surface area contributed by atoms with Crippen LogP contribution in [0.15, 0.2) is 0 Å². The van der Waals surface area contributed by atoms with E-state index in [9.17, 15) is 4.79 Å². The smallest absolute Gasteiger partial charge is 0.220 e. The summed E-state index contributed by atoms with van der Waals surface area (Å²) >= 11 is 4.02. The SMILES string of the molecule is O=C(CC12C[C@@H]3C[C@@H](CC(Br)(C3)C1)C2)NC[C@H]1CCCO1. The lowest BCUT2D eigenvalue weighted by atomic mass is 9.48. The number of alkyl halides is 1. The molecule has 4 heteroatoms. The van der Waals surface area contributed by atoms with Crippen LogP contribution in [0, 0.1) is 17.3 Å². The highest BCUT2D eigenvalue weighted by Gasteiger charge is 2.57. The third kappa shape index (κ3) is 2.90. The standard InChI is InChI=1S/C17H26BrNO2/c18-17-7-12-4-13(8-17)6-16(5-12,11-17)9-15(20)19-10-14-2-1-3-21-14/h12-14H,1-11H2,(H,19,20)/t12-,13+,14-,16?,17?/m1/s1. The van der Waals surface area contributed by atoms with Gasteiger partial charge in [0.1, 0.15) is 0 Å². The van der Waals surface area contributed by atoms with Crippen LogP contribution in [0.5, 0.6) is 0 Å². The largest absolute Gasteiger partial charge is 0.376 e. The fraction of sp³-hybridized carbons (Fsp3) is 0.941. The Labute approximate surface area is 135 Å². The molecule has 1 N–H and O–H groups in total. The first-order chi connectivity index (χ1) is 10.0. The van der Waals surface area contributed by atoms with Crippen LogP contribution in [0.4, 0.5) is 0 Å². The molecule has 0 spiro atoms. The third-order valence-electron chi connectivity index (χ3n) is 6.20. The number of halogens is 1. The van der Waals surface area contributed by atoms with Crippen molar-refractivity contribution < 1.29 is 9.53 Å². The molecule has 5 fully saturated rings. The van der Waals surface area contributed by atoms with Crippen molar-refractivity contribution in [1.82, 2.24) is 5.32 Å². The molecule has 0 aromatic carbocycles. The highest BCUT2D eigenvalue weighted by Crippen LogP contribution is 2.65. The van der Waals surface area contributed by atoms with E-state index in [1.165, 1.54) is 38.5 Å². The van der Waals surface area contributed by atoms with Gasteiger partial charge in [-0.15, -0.1) is 0 Å². The summed E-state index contributed by atoms with van der Waals surface area (Å²) in [6, 6.07) is 0. The fourth-order valence-electron chi connectivity index (χ4n) is 5.98. The molecule has 4 aliphatic carbocycles. The number of carbonyl (C=O) groups excluding carboxylic acids is 1. The summed E-state index contributed by atoms with van der Waals surface area (Å²) < 4.78 is 5.94. The van der Waals surface area contributed by atoms with E-state index in [4.69, 9.17) is 4.74 Å². The first-order valence-corrected chi connectivity index (χ1v) is 9.41. The lowest BCUT2D eigenvalue weighted by molar-refractivity contribution is -0.128. The molecule has 0 aromatic rings. The van der Waals surface area contributed by atoms with Crippen LogP contribution in [0.3, 0.4) is 0 Å². The lowest BCUT2D eigenvalue weighted by Gasteiger charge is -2.60. The molecule has 3 nitrogen and oxygen atoms in total. The predicted molar refractivity (Wildman–Crippen MR) is 85.4 cm³/mol. The fourth-order valence-corrected chi connectivity index (χ4v) is 7.49. The van der Waals surface area contributed by atoms with Gasteiger partial charge in [-0.25, -0.2) is 0 Å². The molecule has 1 heterocycles. The highest BCUT2D eigenvalue weighted by atomic mass is 79.9. The Balaban J connectivity index is 1.36. The summed E-state index contributed by atoms with van der Waals surface area (Å²) in [6.45, 7) is 1.57. The van der Waals surface area contributed by atoms with Gasteiger partial charge >= 0.3 is 0 Å². The Kier molecular flexibility index (Phi) is 3.61. The molecule has 4 bridgehead atoms. The van der Waals surface area contributed by atoms with E-state index in [1.54, 1.807) is 0 Å². The second kappa shape index (κ2) is 5.23. The second-order valence-corrected chi connectivity index (χ2v) is 9.91. The van der Waals surface area contributed by atoms with E-state index in [0.29, 0.717) is 10.9 Å². The van der Waals surface area contributed by atoms with Crippen molar-refractivity contribution in [3.63, 3.8) is 0 Å². The maximum atomic E-state index is 12.4. The van der Waals surface area contributed by atoms with Crippen molar-refractivity contribution in [2.75, 3.05) is 13.2 Å². The van der Waals surface area contributed by atoms with Gasteiger partial charge in [0.15, 0.2) is 0 Å². The van der Waals surface area contributed by atoms with Crippen molar-refractivity contribution in [3.05, 3.63) is 0 Å². The molecule has 5 atom stereocenters. The van der Waals surface area contributed by atoms with E-state index in [2.05, 4.69) is 21.2 Å². The molecule has 1 amide bonds. The number of hydrogen-bond donors (Lipinski definition) is 1. The number of nitrogens with one attached hydrogen (secondary N) is 1. The van der Waals surface area contributed by atoms with Crippen molar-refractivity contribution in [3.8, 4) is 0 Å². The summed E-state index contributed by atoms with van der Waals surface area (Å²) in [5.41, 5.74) is 0.286. The topological polar surface area (TPSA) is 38.3 Å². The van der Waals surface area contributed by atoms with Gasteiger partial charge in [-0.05, 0) is 68.6 Å². The third-order valence-corrected chi connectivity index (χ3v) is 7.13. The van der Waals surface area contributed by atoms with Crippen LogP contribution in [-0.4, -0.2) is 29.5 Å². The monoisotopic (exact) mass is 355 g/mol. The normalized spacial score (nSPS) is 47.8. The summed E-state index contributed by atoms with van der Waals surface area (Å²) in [5, 5.41) is 3.13. The number of hydrogen-bond acceptors (Lipinski definition) is 2. The maximum Gasteiger partial charge on any atom is 0.220 e. The van der Waals surface area contributed by atoms with Crippen LogP contribution in [0.2, 0.25) is 0 Å². The average Bonchev–Trinajstić information content (AvgIpc) is 2.85. The summed E-state index contributed by atoms with van der Waals surface area (Å²) in [7, 11) is 0. The molecule has 5 rings (SSSR count). The molecule has 5 aliphatic rings.